The lowest BCUT2D eigenvalue weighted by Crippen LogP contribution is -2.49. The van der Waals surface area contributed by atoms with Crippen molar-refractivity contribution in [2.75, 3.05) is 63.8 Å². The SMILES string of the molecule is Cc1cc(N2CCC3(CC2)CN(CCCN2CCN(C(C)C)CC2)C(=O)O3)ncn1. The smallest absolute Gasteiger partial charge is 0.410 e. The summed E-state index contributed by atoms with van der Waals surface area (Å²) in [7, 11) is 0. The molecule has 1 aromatic rings. The maximum absolute atomic E-state index is 12.5. The maximum Gasteiger partial charge on any atom is 0.410 e. The molecule has 0 bridgehead atoms. The Morgan fingerprint density at radius 1 is 1.07 bits per heavy atom. The maximum atomic E-state index is 12.5. The number of nitrogens with zero attached hydrogens (tertiary/aromatic N) is 6. The Labute approximate surface area is 180 Å². The molecular weight excluding hydrogens is 380 g/mol. The third-order valence-corrected chi connectivity index (χ3v) is 6.87. The number of rotatable bonds is 6. The van der Waals surface area contributed by atoms with E-state index in [0.717, 1.165) is 89.7 Å². The molecule has 4 rings (SSSR count). The quantitative estimate of drug-likeness (QED) is 0.703. The number of hydrogen-bond acceptors (Lipinski definition) is 7. The molecule has 0 unspecified atom stereocenters. The van der Waals surface area contributed by atoms with E-state index in [2.05, 4.69) is 38.5 Å². The molecule has 3 fully saturated rings. The van der Waals surface area contributed by atoms with Crippen LogP contribution in [0.25, 0.3) is 0 Å². The predicted octanol–water partition coefficient (Wildman–Crippen LogP) is 1.99. The van der Waals surface area contributed by atoms with Gasteiger partial charge in [0.15, 0.2) is 0 Å². The molecule has 0 atom stereocenters. The van der Waals surface area contributed by atoms with Crippen LogP contribution in [0.5, 0.6) is 0 Å². The monoisotopic (exact) mass is 416 g/mol. The average Bonchev–Trinajstić information content (AvgIpc) is 3.03. The van der Waals surface area contributed by atoms with Crippen molar-refractivity contribution in [3.8, 4) is 0 Å². The first-order valence-electron chi connectivity index (χ1n) is 11.4. The van der Waals surface area contributed by atoms with Gasteiger partial charge in [-0.25, -0.2) is 14.8 Å². The number of carbonyl (C=O) groups excluding carboxylic acids is 1. The van der Waals surface area contributed by atoms with Crippen molar-refractivity contribution in [2.24, 2.45) is 0 Å². The van der Waals surface area contributed by atoms with E-state index < -0.39 is 0 Å². The van der Waals surface area contributed by atoms with Crippen molar-refractivity contribution in [1.29, 1.82) is 0 Å². The van der Waals surface area contributed by atoms with Crippen LogP contribution < -0.4 is 4.90 Å². The normalized spacial score (nSPS) is 22.9. The third kappa shape index (κ3) is 4.86. The summed E-state index contributed by atoms with van der Waals surface area (Å²) in [5, 5.41) is 0. The molecule has 1 spiro atoms. The molecule has 0 aliphatic carbocycles. The van der Waals surface area contributed by atoms with Crippen LogP contribution in [0.1, 0.15) is 38.8 Å². The largest absolute Gasteiger partial charge is 0.441 e. The fourth-order valence-electron chi connectivity index (χ4n) is 4.87. The minimum atomic E-state index is -0.321. The lowest BCUT2D eigenvalue weighted by Gasteiger charge is -2.38. The highest BCUT2D eigenvalue weighted by atomic mass is 16.6. The molecule has 166 valence electrons. The number of carbonyl (C=O) groups is 1. The molecule has 3 aliphatic heterocycles. The summed E-state index contributed by atoms with van der Waals surface area (Å²) in [5.41, 5.74) is 0.655. The first kappa shape index (κ1) is 21.3. The number of anilines is 1. The highest BCUT2D eigenvalue weighted by Gasteiger charge is 2.46. The van der Waals surface area contributed by atoms with Crippen LogP contribution >= 0.6 is 0 Å². The number of aromatic nitrogens is 2. The van der Waals surface area contributed by atoms with Gasteiger partial charge in [-0.1, -0.05) is 0 Å². The second kappa shape index (κ2) is 9.06. The highest BCUT2D eigenvalue weighted by molar-refractivity contribution is 5.70. The zero-order chi connectivity index (χ0) is 21.1. The van der Waals surface area contributed by atoms with Crippen LogP contribution in [0, 0.1) is 6.92 Å². The fraction of sp³-hybridized carbons (Fsp3) is 0.773. The van der Waals surface area contributed by atoms with Crippen molar-refractivity contribution in [3.63, 3.8) is 0 Å². The number of hydrogen-bond donors (Lipinski definition) is 0. The zero-order valence-electron chi connectivity index (χ0n) is 18.7. The number of piperidine rings is 1. The molecule has 1 amide bonds. The van der Waals surface area contributed by atoms with Crippen LogP contribution in [-0.4, -0.2) is 101 Å². The van der Waals surface area contributed by atoms with Gasteiger partial charge in [-0.05, 0) is 33.7 Å². The Morgan fingerprint density at radius 2 is 1.80 bits per heavy atom. The first-order valence-corrected chi connectivity index (χ1v) is 11.4. The molecule has 0 saturated carbocycles. The molecular formula is C22H36N6O2. The summed E-state index contributed by atoms with van der Waals surface area (Å²) in [6.45, 7) is 15.4. The standard InChI is InChI=1S/C22H36N6O2/c1-18(2)26-13-11-25(12-14-26)7-4-8-28-16-22(30-21(28)29)5-9-27(10-6-22)20-15-19(3)23-17-24-20/h15,17-18H,4-14,16H2,1-3H3. The van der Waals surface area contributed by atoms with Gasteiger partial charge < -0.3 is 19.4 Å². The molecule has 0 N–H and O–H groups in total. The highest BCUT2D eigenvalue weighted by Crippen LogP contribution is 2.34. The molecule has 1 aromatic heterocycles. The molecule has 30 heavy (non-hydrogen) atoms. The third-order valence-electron chi connectivity index (χ3n) is 6.87. The van der Waals surface area contributed by atoms with Gasteiger partial charge in [0.25, 0.3) is 0 Å². The Balaban J connectivity index is 1.21. The van der Waals surface area contributed by atoms with Gasteiger partial charge in [-0.15, -0.1) is 0 Å². The van der Waals surface area contributed by atoms with E-state index in [-0.39, 0.29) is 11.7 Å². The molecule has 3 aliphatic rings. The Kier molecular flexibility index (Phi) is 6.43. The first-order chi connectivity index (χ1) is 14.4. The summed E-state index contributed by atoms with van der Waals surface area (Å²) in [6, 6.07) is 2.65. The second-order valence-corrected chi connectivity index (χ2v) is 9.30. The Hall–Kier alpha value is -1.93. The minimum Gasteiger partial charge on any atom is -0.441 e. The van der Waals surface area contributed by atoms with E-state index in [9.17, 15) is 4.79 Å². The predicted molar refractivity (Wildman–Crippen MR) is 117 cm³/mol. The molecule has 8 nitrogen and oxygen atoms in total. The summed E-state index contributed by atoms with van der Waals surface area (Å²) in [6.07, 6.45) is 4.21. The lowest BCUT2D eigenvalue weighted by molar-refractivity contribution is 0.0366. The molecule has 0 radical (unpaired) electrons. The zero-order valence-corrected chi connectivity index (χ0v) is 18.7. The van der Waals surface area contributed by atoms with E-state index in [1.807, 2.05) is 17.9 Å². The molecule has 4 heterocycles. The van der Waals surface area contributed by atoms with Gasteiger partial charge in [-0.2, -0.15) is 0 Å². The second-order valence-electron chi connectivity index (χ2n) is 9.30. The van der Waals surface area contributed by atoms with E-state index in [1.165, 1.54) is 0 Å². The van der Waals surface area contributed by atoms with Crippen molar-refractivity contribution in [3.05, 3.63) is 18.1 Å². The van der Waals surface area contributed by atoms with Crippen LogP contribution in [0.4, 0.5) is 10.6 Å². The lowest BCUT2D eigenvalue weighted by atomic mass is 9.91. The van der Waals surface area contributed by atoms with Gasteiger partial charge in [-0.3, -0.25) is 4.90 Å². The van der Waals surface area contributed by atoms with E-state index in [1.54, 1.807) is 6.33 Å². The van der Waals surface area contributed by atoms with Crippen molar-refractivity contribution < 1.29 is 9.53 Å². The summed E-state index contributed by atoms with van der Waals surface area (Å²) in [5.74, 6) is 0.969. The van der Waals surface area contributed by atoms with Gasteiger partial charge in [0, 0.05) is 76.5 Å². The van der Waals surface area contributed by atoms with Crippen LogP contribution in [0.3, 0.4) is 0 Å². The minimum absolute atomic E-state index is 0.133. The fourth-order valence-corrected chi connectivity index (χ4v) is 4.87. The number of amides is 1. The van der Waals surface area contributed by atoms with Gasteiger partial charge in [0.1, 0.15) is 17.7 Å². The number of ether oxygens (including phenoxy) is 1. The Bertz CT molecular complexity index is 726. The van der Waals surface area contributed by atoms with Crippen molar-refractivity contribution in [1.82, 2.24) is 24.7 Å². The Morgan fingerprint density at radius 3 is 2.47 bits per heavy atom. The van der Waals surface area contributed by atoms with Gasteiger partial charge in [0.05, 0.1) is 6.54 Å². The summed E-state index contributed by atoms with van der Waals surface area (Å²) in [4.78, 5) is 30.3. The van der Waals surface area contributed by atoms with E-state index >= 15 is 0 Å². The topological polar surface area (TPSA) is 65.0 Å². The molecule has 3 saturated heterocycles. The molecule has 0 aromatic carbocycles. The van der Waals surface area contributed by atoms with Crippen molar-refractivity contribution in [2.45, 2.75) is 51.7 Å². The van der Waals surface area contributed by atoms with Gasteiger partial charge in [0.2, 0.25) is 0 Å². The van der Waals surface area contributed by atoms with Gasteiger partial charge >= 0.3 is 6.09 Å². The van der Waals surface area contributed by atoms with E-state index in [0.29, 0.717) is 6.04 Å². The summed E-state index contributed by atoms with van der Waals surface area (Å²) >= 11 is 0. The van der Waals surface area contributed by atoms with Crippen molar-refractivity contribution >= 4 is 11.9 Å². The van der Waals surface area contributed by atoms with Crippen LogP contribution in [-0.2, 0) is 4.74 Å². The average molecular weight is 417 g/mol. The van der Waals surface area contributed by atoms with Crippen LogP contribution in [0.2, 0.25) is 0 Å². The number of piperazine rings is 1. The molecule has 8 heteroatoms. The number of aryl methyl sites for hydroxylation is 1. The van der Waals surface area contributed by atoms with E-state index in [4.69, 9.17) is 4.74 Å². The van der Waals surface area contributed by atoms with Crippen LogP contribution in [0.15, 0.2) is 12.4 Å². The summed E-state index contributed by atoms with van der Waals surface area (Å²) < 4.78 is 5.90.